The van der Waals surface area contributed by atoms with Crippen LogP contribution in [0.1, 0.15) is 24.1 Å². The third-order valence-corrected chi connectivity index (χ3v) is 3.69. The molecule has 0 amide bonds. The molecule has 0 saturated heterocycles. The molecule has 2 nitrogen and oxygen atoms in total. The fraction of sp³-hybridized carbons (Fsp3) is 0.250. The van der Waals surface area contributed by atoms with Crippen LogP contribution in [0.3, 0.4) is 0 Å². The standard InChI is InChI=1S/C16H16BrF2NO/c1-3-20-16(11-9-10(17)7-8-12(11)18)15-13(19)5-4-6-14(15)21-2/h4-9,16,20H,3H2,1-2H3. The number of hydrogen-bond donors (Lipinski definition) is 1. The topological polar surface area (TPSA) is 21.3 Å². The molecule has 5 heteroatoms. The number of nitrogens with one attached hydrogen (secondary N) is 1. The number of hydrogen-bond acceptors (Lipinski definition) is 2. The van der Waals surface area contributed by atoms with Gasteiger partial charge in [0, 0.05) is 10.0 Å². The van der Waals surface area contributed by atoms with Crippen LogP contribution in [0.25, 0.3) is 0 Å². The van der Waals surface area contributed by atoms with Crippen LogP contribution in [0.5, 0.6) is 5.75 Å². The van der Waals surface area contributed by atoms with E-state index in [9.17, 15) is 8.78 Å². The summed E-state index contributed by atoms with van der Waals surface area (Å²) in [6.45, 7) is 2.45. The van der Waals surface area contributed by atoms with Gasteiger partial charge in [0.05, 0.1) is 18.7 Å². The van der Waals surface area contributed by atoms with Gasteiger partial charge in [-0.2, -0.15) is 0 Å². The van der Waals surface area contributed by atoms with E-state index in [1.807, 2.05) is 6.92 Å². The first-order chi connectivity index (χ1) is 10.1. The van der Waals surface area contributed by atoms with E-state index in [2.05, 4.69) is 21.2 Å². The Bertz CT molecular complexity index is 634. The second-order valence-corrected chi connectivity index (χ2v) is 5.43. The number of ether oxygens (including phenoxy) is 1. The smallest absolute Gasteiger partial charge is 0.132 e. The fourth-order valence-corrected chi connectivity index (χ4v) is 2.66. The van der Waals surface area contributed by atoms with E-state index in [1.165, 1.54) is 19.2 Å². The second kappa shape index (κ2) is 7.00. The van der Waals surface area contributed by atoms with Gasteiger partial charge in [-0.3, -0.25) is 0 Å². The second-order valence-electron chi connectivity index (χ2n) is 4.51. The van der Waals surface area contributed by atoms with Gasteiger partial charge in [-0.25, -0.2) is 8.78 Å². The lowest BCUT2D eigenvalue weighted by Crippen LogP contribution is -2.24. The molecule has 0 aliphatic heterocycles. The van der Waals surface area contributed by atoms with Crippen molar-refractivity contribution in [3.05, 3.63) is 63.6 Å². The summed E-state index contributed by atoms with van der Waals surface area (Å²) < 4.78 is 34.4. The zero-order chi connectivity index (χ0) is 15.4. The molecule has 0 aliphatic carbocycles. The Balaban J connectivity index is 2.61. The van der Waals surface area contributed by atoms with Crippen LogP contribution in [-0.2, 0) is 0 Å². The first-order valence-electron chi connectivity index (χ1n) is 6.59. The lowest BCUT2D eigenvalue weighted by atomic mass is 9.96. The van der Waals surface area contributed by atoms with E-state index in [0.717, 1.165) is 4.47 Å². The van der Waals surface area contributed by atoms with E-state index in [0.29, 0.717) is 23.4 Å². The normalized spacial score (nSPS) is 12.2. The summed E-state index contributed by atoms with van der Waals surface area (Å²) >= 11 is 3.32. The van der Waals surface area contributed by atoms with Crippen molar-refractivity contribution in [1.29, 1.82) is 0 Å². The molecule has 0 fully saturated rings. The summed E-state index contributed by atoms with van der Waals surface area (Å²) in [6, 6.07) is 8.57. The first-order valence-corrected chi connectivity index (χ1v) is 7.38. The van der Waals surface area contributed by atoms with Crippen molar-refractivity contribution in [1.82, 2.24) is 5.32 Å². The van der Waals surface area contributed by atoms with Crippen molar-refractivity contribution >= 4 is 15.9 Å². The maximum absolute atomic E-state index is 14.3. The molecule has 2 rings (SSSR count). The lowest BCUT2D eigenvalue weighted by Gasteiger charge is -2.22. The zero-order valence-electron chi connectivity index (χ0n) is 11.8. The molecule has 1 N–H and O–H groups in total. The number of halogens is 3. The average Bonchev–Trinajstić information content (AvgIpc) is 2.48. The minimum Gasteiger partial charge on any atom is -0.496 e. The largest absolute Gasteiger partial charge is 0.496 e. The Hall–Kier alpha value is -1.46. The molecule has 0 heterocycles. The Labute approximate surface area is 131 Å². The summed E-state index contributed by atoms with van der Waals surface area (Å²) in [7, 11) is 1.47. The molecule has 0 bridgehead atoms. The van der Waals surface area contributed by atoms with E-state index >= 15 is 0 Å². The van der Waals surface area contributed by atoms with Crippen molar-refractivity contribution in [3.8, 4) is 5.75 Å². The lowest BCUT2D eigenvalue weighted by molar-refractivity contribution is 0.396. The predicted octanol–water partition coefficient (Wildman–Crippen LogP) is 4.43. The van der Waals surface area contributed by atoms with Gasteiger partial charge in [-0.15, -0.1) is 0 Å². The molecular weight excluding hydrogens is 340 g/mol. The van der Waals surface area contributed by atoms with Gasteiger partial charge in [0.1, 0.15) is 17.4 Å². The van der Waals surface area contributed by atoms with Gasteiger partial charge in [-0.1, -0.05) is 28.9 Å². The third-order valence-electron chi connectivity index (χ3n) is 3.20. The van der Waals surface area contributed by atoms with Crippen LogP contribution in [0.15, 0.2) is 40.9 Å². The maximum Gasteiger partial charge on any atom is 0.132 e. The minimum atomic E-state index is -0.622. The van der Waals surface area contributed by atoms with E-state index in [1.54, 1.807) is 24.3 Å². The molecule has 0 saturated carbocycles. The van der Waals surface area contributed by atoms with Gasteiger partial charge in [0.25, 0.3) is 0 Å². The molecule has 1 atom stereocenters. The maximum atomic E-state index is 14.3. The highest BCUT2D eigenvalue weighted by molar-refractivity contribution is 9.10. The van der Waals surface area contributed by atoms with Crippen molar-refractivity contribution < 1.29 is 13.5 Å². The highest BCUT2D eigenvalue weighted by Gasteiger charge is 2.24. The quantitative estimate of drug-likeness (QED) is 0.856. The fourth-order valence-electron chi connectivity index (χ4n) is 2.28. The molecule has 112 valence electrons. The summed E-state index contributed by atoms with van der Waals surface area (Å²) in [5.41, 5.74) is 0.675. The first kappa shape index (κ1) is 15.9. The van der Waals surface area contributed by atoms with Gasteiger partial charge in [0.15, 0.2) is 0 Å². The van der Waals surface area contributed by atoms with E-state index in [4.69, 9.17) is 4.74 Å². The van der Waals surface area contributed by atoms with Crippen LogP contribution in [0.2, 0.25) is 0 Å². The van der Waals surface area contributed by atoms with Crippen molar-refractivity contribution in [2.75, 3.05) is 13.7 Å². The number of rotatable bonds is 5. The van der Waals surface area contributed by atoms with Crippen LogP contribution in [-0.4, -0.2) is 13.7 Å². The molecule has 0 radical (unpaired) electrons. The molecule has 2 aromatic carbocycles. The molecule has 1 unspecified atom stereocenters. The molecular formula is C16H16BrF2NO. The van der Waals surface area contributed by atoms with Crippen molar-refractivity contribution in [2.45, 2.75) is 13.0 Å². The number of benzene rings is 2. The molecule has 0 aromatic heterocycles. The third kappa shape index (κ3) is 3.41. The summed E-state index contributed by atoms with van der Waals surface area (Å²) in [6.07, 6.45) is 0. The zero-order valence-corrected chi connectivity index (χ0v) is 13.4. The molecule has 0 aliphatic rings. The average molecular weight is 356 g/mol. The Morgan fingerprint density at radius 1 is 1.19 bits per heavy atom. The highest BCUT2D eigenvalue weighted by Crippen LogP contribution is 2.34. The SMILES string of the molecule is CCNC(c1cc(Br)ccc1F)c1c(F)cccc1OC. The van der Waals surface area contributed by atoms with Crippen LogP contribution in [0.4, 0.5) is 8.78 Å². The minimum absolute atomic E-state index is 0.304. The van der Waals surface area contributed by atoms with Gasteiger partial charge in [0.2, 0.25) is 0 Å². The number of methoxy groups -OCH3 is 1. The summed E-state index contributed by atoms with van der Waals surface area (Å²) in [5, 5.41) is 3.12. The van der Waals surface area contributed by atoms with Crippen molar-refractivity contribution in [3.63, 3.8) is 0 Å². The van der Waals surface area contributed by atoms with Crippen LogP contribution < -0.4 is 10.1 Å². The molecule has 2 aromatic rings. The van der Waals surface area contributed by atoms with Gasteiger partial charge < -0.3 is 10.1 Å². The monoisotopic (exact) mass is 355 g/mol. The predicted molar refractivity (Wildman–Crippen MR) is 82.6 cm³/mol. The molecule has 0 spiro atoms. The highest BCUT2D eigenvalue weighted by atomic mass is 79.9. The summed E-state index contributed by atoms with van der Waals surface area (Å²) in [5.74, 6) is -0.436. The van der Waals surface area contributed by atoms with Gasteiger partial charge in [-0.05, 0) is 36.9 Å². The van der Waals surface area contributed by atoms with Crippen molar-refractivity contribution in [2.24, 2.45) is 0 Å². The Morgan fingerprint density at radius 2 is 1.95 bits per heavy atom. The van der Waals surface area contributed by atoms with Crippen LogP contribution >= 0.6 is 15.9 Å². The van der Waals surface area contributed by atoms with E-state index in [-0.39, 0.29) is 0 Å². The Kier molecular flexibility index (Phi) is 5.31. The summed E-state index contributed by atoms with van der Waals surface area (Å²) in [4.78, 5) is 0. The Morgan fingerprint density at radius 3 is 2.62 bits per heavy atom. The van der Waals surface area contributed by atoms with E-state index < -0.39 is 17.7 Å². The molecule has 21 heavy (non-hydrogen) atoms. The van der Waals surface area contributed by atoms with Gasteiger partial charge >= 0.3 is 0 Å². The van der Waals surface area contributed by atoms with Crippen LogP contribution in [0, 0.1) is 11.6 Å².